The van der Waals surface area contributed by atoms with Gasteiger partial charge in [0.05, 0.1) is 6.61 Å². The van der Waals surface area contributed by atoms with Crippen LogP contribution in [-0.4, -0.2) is 23.7 Å². The van der Waals surface area contributed by atoms with Gasteiger partial charge in [-0.3, -0.25) is 9.59 Å². The molecule has 0 spiro atoms. The second-order valence-electron chi connectivity index (χ2n) is 7.09. The van der Waals surface area contributed by atoms with Crippen LogP contribution in [0.25, 0.3) is 0 Å². The maximum absolute atomic E-state index is 11.6. The summed E-state index contributed by atoms with van der Waals surface area (Å²) in [6.07, 6.45) is 19.7. The Labute approximate surface area is 162 Å². The number of esters is 1. The van der Waals surface area contributed by atoms with E-state index in [2.05, 4.69) is 13.8 Å². The molecule has 0 aliphatic carbocycles. The highest BCUT2D eigenvalue weighted by Gasteiger charge is 2.02. The molecule has 156 valence electrons. The van der Waals surface area contributed by atoms with Crippen molar-refractivity contribution >= 4 is 11.9 Å². The Kier molecular flexibility index (Phi) is 25.0. The Morgan fingerprint density at radius 2 is 1.00 bits per heavy atom. The molecule has 0 amide bonds. The van der Waals surface area contributed by atoms with Crippen LogP contribution in [-0.2, 0) is 14.3 Å². The van der Waals surface area contributed by atoms with Gasteiger partial charge in [0.15, 0.2) is 0 Å². The lowest BCUT2D eigenvalue weighted by Crippen LogP contribution is -2.05. The van der Waals surface area contributed by atoms with Crippen molar-refractivity contribution in [1.29, 1.82) is 0 Å². The molecule has 0 aromatic heterocycles. The Morgan fingerprint density at radius 1 is 0.654 bits per heavy atom. The van der Waals surface area contributed by atoms with Crippen molar-refractivity contribution in [1.82, 2.24) is 0 Å². The van der Waals surface area contributed by atoms with E-state index in [1.165, 1.54) is 83.5 Å². The van der Waals surface area contributed by atoms with Crippen LogP contribution in [0.5, 0.6) is 0 Å². The maximum atomic E-state index is 11.6. The summed E-state index contributed by atoms with van der Waals surface area (Å²) in [5.74, 6) is -0.823. The van der Waals surface area contributed by atoms with Gasteiger partial charge in [0.2, 0.25) is 0 Å². The number of unbranched alkanes of at least 4 members (excludes halogenated alkanes) is 13. The first kappa shape index (κ1) is 27.2. The number of carboxylic acid groups (broad SMARTS) is 1. The predicted molar refractivity (Wildman–Crippen MR) is 109 cm³/mol. The zero-order chi connectivity index (χ0) is 19.9. The van der Waals surface area contributed by atoms with E-state index in [0.717, 1.165) is 19.8 Å². The van der Waals surface area contributed by atoms with Gasteiger partial charge in [-0.15, -0.1) is 0 Å². The van der Waals surface area contributed by atoms with E-state index in [1.807, 2.05) is 0 Å². The molecular formula is C22H44O4. The van der Waals surface area contributed by atoms with Gasteiger partial charge in [-0.2, -0.15) is 0 Å². The van der Waals surface area contributed by atoms with Crippen molar-refractivity contribution in [3.63, 3.8) is 0 Å². The predicted octanol–water partition coefficient (Wildman–Crippen LogP) is 6.90. The lowest BCUT2D eigenvalue weighted by atomic mass is 10.1. The Hall–Kier alpha value is -1.06. The minimum absolute atomic E-state index is 0.0107. The molecule has 4 nitrogen and oxygen atoms in total. The number of carbonyl (C=O) groups is 2. The van der Waals surface area contributed by atoms with Crippen molar-refractivity contribution in [2.24, 2.45) is 0 Å². The van der Waals surface area contributed by atoms with Crippen LogP contribution in [0.1, 0.15) is 124 Å². The summed E-state index contributed by atoms with van der Waals surface area (Å²) in [5, 5.41) is 7.42. The molecule has 0 unspecified atom stereocenters. The SMILES string of the molecule is CC(=O)O.CCCCCCCCCCOC(=O)CCCCCCCCC. The van der Waals surface area contributed by atoms with Crippen molar-refractivity contribution in [2.45, 2.75) is 124 Å². The summed E-state index contributed by atoms with van der Waals surface area (Å²) in [4.78, 5) is 20.6. The Balaban J connectivity index is 0. The molecule has 0 saturated heterocycles. The van der Waals surface area contributed by atoms with Crippen LogP contribution in [0.15, 0.2) is 0 Å². The van der Waals surface area contributed by atoms with Gasteiger partial charge >= 0.3 is 5.97 Å². The van der Waals surface area contributed by atoms with Gasteiger partial charge in [-0.1, -0.05) is 97.3 Å². The van der Waals surface area contributed by atoms with Gasteiger partial charge in [0.25, 0.3) is 5.97 Å². The van der Waals surface area contributed by atoms with Crippen molar-refractivity contribution in [3.05, 3.63) is 0 Å². The van der Waals surface area contributed by atoms with Crippen LogP contribution < -0.4 is 0 Å². The van der Waals surface area contributed by atoms with E-state index in [0.29, 0.717) is 13.0 Å². The number of carbonyl (C=O) groups excluding carboxylic acids is 1. The molecule has 0 aliphatic heterocycles. The van der Waals surface area contributed by atoms with Gasteiger partial charge in [0, 0.05) is 13.3 Å². The van der Waals surface area contributed by atoms with Crippen LogP contribution in [0.4, 0.5) is 0 Å². The van der Waals surface area contributed by atoms with E-state index >= 15 is 0 Å². The molecule has 26 heavy (non-hydrogen) atoms. The number of hydrogen-bond donors (Lipinski definition) is 1. The van der Waals surface area contributed by atoms with E-state index in [9.17, 15) is 4.79 Å². The standard InChI is InChI=1S/C20H40O2.C2H4O2/c1-3-5-7-9-11-13-15-17-19-22-20(21)18-16-14-12-10-8-6-4-2;1-2(3)4/h3-19H2,1-2H3;1H3,(H,3,4). The first-order valence-electron chi connectivity index (χ1n) is 10.9. The molecule has 0 aromatic rings. The number of hydrogen-bond acceptors (Lipinski definition) is 3. The highest BCUT2D eigenvalue weighted by Crippen LogP contribution is 2.10. The first-order chi connectivity index (χ1) is 12.5. The molecule has 0 aliphatic rings. The van der Waals surface area contributed by atoms with Gasteiger partial charge in [0.1, 0.15) is 0 Å². The molecule has 1 N–H and O–H groups in total. The molecule has 0 bridgehead atoms. The largest absolute Gasteiger partial charge is 0.481 e. The van der Waals surface area contributed by atoms with Crippen LogP contribution in [0.3, 0.4) is 0 Å². The summed E-state index contributed by atoms with van der Waals surface area (Å²) in [5.41, 5.74) is 0. The van der Waals surface area contributed by atoms with Crippen molar-refractivity contribution in [3.8, 4) is 0 Å². The molecule has 4 heteroatoms. The number of carboxylic acids is 1. The Morgan fingerprint density at radius 3 is 1.42 bits per heavy atom. The number of aliphatic carboxylic acids is 1. The molecule has 0 heterocycles. The van der Waals surface area contributed by atoms with Crippen molar-refractivity contribution in [2.75, 3.05) is 6.61 Å². The minimum atomic E-state index is -0.833. The summed E-state index contributed by atoms with van der Waals surface area (Å²) in [6.45, 7) is 6.20. The molecule has 0 aromatic carbocycles. The summed E-state index contributed by atoms with van der Waals surface area (Å²) < 4.78 is 5.29. The molecule has 0 rings (SSSR count). The topological polar surface area (TPSA) is 63.6 Å². The molecule has 0 fully saturated rings. The van der Waals surface area contributed by atoms with Gasteiger partial charge in [-0.05, 0) is 12.8 Å². The zero-order valence-corrected chi connectivity index (χ0v) is 17.7. The summed E-state index contributed by atoms with van der Waals surface area (Å²) in [6, 6.07) is 0. The molecular weight excluding hydrogens is 328 g/mol. The van der Waals surface area contributed by atoms with Gasteiger partial charge in [-0.25, -0.2) is 0 Å². The van der Waals surface area contributed by atoms with E-state index in [1.54, 1.807) is 0 Å². The summed E-state index contributed by atoms with van der Waals surface area (Å²) >= 11 is 0. The number of ether oxygens (including phenoxy) is 1. The minimum Gasteiger partial charge on any atom is -0.481 e. The second kappa shape index (κ2) is 23.9. The van der Waals surface area contributed by atoms with Crippen molar-refractivity contribution < 1.29 is 19.4 Å². The van der Waals surface area contributed by atoms with E-state index in [4.69, 9.17) is 14.6 Å². The average Bonchev–Trinajstić information content (AvgIpc) is 2.59. The lowest BCUT2D eigenvalue weighted by Gasteiger charge is -2.05. The van der Waals surface area contributed by atoms with E-state index < -0.39 is 5.97 Å². The molecule has 0 atom stereocenters. The van der Waals surface area contributed by atoms with Gasteiger partial charge < -0.3 is 9.84 Å². The monoisotopic (exact) mass is 372 g/mol. The average molecular weight is 373 g/mol. The van der Waals surface area contributed by atoms with E-state index in [-0.39, 0.29) is 5.97 Å². The highest BCUT2D eigenvalue weighted by molar-refractivity contribution is 5.69. The smallest absolute Gasteiger partial charge is 0.305 e. The Bertz CT molecular complexity index is 299. The lowest BCUT2D eigenvalue weighted by molar-refractivity contribution is -0.144. The fourth-order valence-electron chi connectivity index (χ4n) is 2.72. The first-order valence-corrected chi connectivity index (χ1v) is 10.9. The van der Waals surface area contributed by atoms with Crippen LogP contribution in [0, 0.1) is 0 Å². The maximum Gasteiger partial charge on any atom is 0.305 e. The fourth-order valence-corrected chi connectivity index (χ4v) is 2.72. The van der Waals surface area contributed by atoms with Crippen LogP contribution in [0.2, 0.25) is 0 Å². The third kappa shape index (κ3) is 30.8. The zero-order valence-electron chi connectivity index (χ0n) is 17.7. The quantitative estimate of drug-likeness (QED) is 0.223. The van der Waals surface area contributed by atoms with Crippen LogP contribution >= 0.6 is 0 Å². The molecule has 0 saturated carbocycles. The number of rotatable bonds is 17. The second-order valence-corrected chi connectivity index (χ2v) is 7.09. The normalized spacial score (nSPS) is 10.1. The fraction of sp³-hybridized carbons (Fsp3) is 0.909. The molecule has 0 radical (unpaired) electrons. The third-order valence-electron chi connectivity index (χ3n) is 4.25. The highest BCUT2D eigenvalue weighted by atomic mass is 16.5. The third-order valence-corrected chi connectivity index (χ3v) is 4.25. The summed E-state index contributed by atoms with van der Waals surface area (Å²) in [7, 11) is 0.